The lowest BCUT2D eigenvalue weighted by Gasteiger charge is -2.24. The summed E-state index contributed by atoms with van der Waals surface area (Å²) in [7, 11) is 0. The maximum atomic E-state index is 11.5. The molecule has 0 aromatic heterocycles. The Morgan fingerprint density at radius 1 is 1.59 bits per heavy atom. The van der Waals surface area contributed by atoms with E-state index >= 15 is 0 Å². The van der Waals surface area contributed by atoms with Crippen molar-refractivity contribution < 1.29 is 14.6 Å². The number of carbonyl (C=O) groups is 1. The van der Waals surface area contributed by atoms with Crippen LogP contribution in [0.2, 0.25) is 0 Å². The standard InChI is InChI=1S/C11H15Cl2NO3/c1-10(2,3)17-9(15)14-8-4-7(12)5-11(13,16)6-8/h4,6,16H,5H2,1-3H3,(H,14,15). The molecule has 0 aliphatic heterocycles. The molecule has 0 aromatic carbocycles. The fourth-order valence-electron chi connectivity index (χ4n) is 1.28. The van der Waals surface area contributed by atoms with Gasteiger partial charge in [-0.15, -0.1) is 0 Å². The number of hydrogen-bond acceptors (Lipinski definition) is 3. The zero-order valence-corrected chi connectivity index (χ0v) is 11.4. The zero-order chi connectivity index (χ0) is 13.3. The Kier molecular flexibility index (Phi) is 4.12. The van der Waals surface area contributed by atoms with E-state index in [0.29, 0.717) is 10.7 Å². The number of rotatable bonds is 1. The fourth-order valence-corrected chi connectivity index (χ4v) is 1.93. The molecule has 0 heterocycles. The lowest BCUT2D eigenvalue weighted by Crippen LogP contribution is -2.33. The molecule has 0 saturated carbocycles. The maximum Gasteiger partial charge on any atom is 0.412 e. The average molecular weight is 280 g/mol. The monoisotopic (exact) mass is 279 g/mol. The zero-order valence-electron chi connectivity index (χ0n) is 9.88. The summed E-state index contributed by atoms with van der Waals surface area (Å²) in [6, 6.07) is 0. The van der Waals surface area contributed by atoms with Gasteiger partial charge < -0.3 is 9.84 Å². The molecule has 1 unspecified atom stereocenters. The van der Waals surface area contributed by atoms with Crippen LogP contribution in [0.3, 0.4) is 0 Å². The minimum Gasteiger partial charge on any atom is -0.444 e. The van der Waals surface area contributed by atoms with Crippen molar-refractivity contribution in [2.24, 2.45) is 0 Å². The van der Waals surface area contributed by atoms with Crippen LogP contribution in [-0.2, 0) is 4.74 Å². The van der Waals surface area contributed by atoms with Crippen LogP contribution in [0.5, 0.6) is 0 Å². The molecule has 1 atom stereocenters. The minimum atomic E-state index is -1.57. The molecule has 17 heavy (non-hydrogen) atoms. The van der Waals surface area contributed by atoms with Gasteiger partial charge in [0.2, 0.25) is 0 Å². The van der Waals surface area contributed by atoms with Gasteiger partial charge in [0.1, 0.15) is 5.60 Å². The highest BCUT2D eigenvalue weighted by atomic mass is 35.5. The van der Waals surface area contributed by atoms with Crippen LogP contribution in [0.25, 0.3) is 0 Å². The summed E-state index contributed by atoms with van der Waals surface area (Å²) in [6.45, 7) is 5.26. The van der Waals surface area contributed by atoms with Gasteiger partial charge in [-0.3, -0.25) is 5.32 Å². The van der Waals surface area contributed by atoms with Gasteiger partial charge in [-0.25, -0.2) is 4.79 Å². The normalized spacial score (nSPS) is 24.8. The van der Waals surface area contributed by atoms with Crippen LogP contribution in [0.15, 0.2) is 22.9 Å². The number of ether oxygens (including phenoxy) is 1. The van der Waals surface area contributed by atoms with Gasteiger partial charge >= 0.3 is 6.09 Å². The van der Waals surface area contributed by atoms with Gasteiger partial charge in [0.15, 0.2) is 5.06 Å². The van der Waals surface area contributed by atoms with E-state index in [2.05, 4.69) is 5.32 Å². The van der Waals surface area contributed by atoms with Crippen LogP contribution in [-0.4, -0.2) is 21.9 Å². The second-order valence-electron chi connectivity index (χ2n) is 4.81. The molecule has 1 aliphatic carbocycles. The second-order valence-corrected chi connectivity index (χ2v) is 5.95. The minimum absolute atomic E-state index is 0.107. The van der Waals surface area contributed by atoms with Crippen molar-refractivity contribution in [3.05, 3.63) is 22.9 Å². The Morgan fingerprint density at radius 2 is 2.18 bits per heavy atom. The predicted octanol–water partition coefficient (Wildman–Crippen LogP) is 2.85. The first-order valence-electron chi connectivity index (χ1n) is 5.08. The third kappa shape index (κ3) is 5.44. The summed E-state index contributed by atoms with van der Waals surface area (Å²) < 4.78 is 5.06. The summed E-state index contributed by atoms with van der Waals surface area (Å²) >= 11 is 11.5. The van der Waals surface area contributed by atoms with Gasteiger partial charge in [0.25, 0.3) is 0 Å². The Hall–Kier alpha value is -0.710. The van der Waals surface area contributed by atoms with Crippen LogP contribution in [0, 0.1) is 0 Å². The first kappa shape index (κ1) is 14.4. The number of nitrogens with one attached hydrogen (secondary N) is 1. The third-order valence-electron chi connectivity index (χ3n) is 1.75. The molecule has 0 bridgehead atoms. The molecule has 4 nitrogen and oxygen atoms in total. The molecule has 96 valence electrons. The van der Waals surface area contributed by atoms with Crippen molar-refractivity contribution in [3.8, 4) is 0 Å². The molecule has 0 spiro atoms. The Bertz CT molecular complexity index is 381. The highest BCUT2D eigenvalue weighted by Gasteiger charge is 2.27. The highest BCUT2D eigenvalue weighted by Crippen LogP contribution is 2.30. The van der Waals surface area contributed by atoms with Gasteiger partial charge in [0, 0.05) is 17.2 Å². The molecular weight excluding hydrogens is 265 g/mol. The van der Waals surface area contributed by atoms with E-state index in [-0.39, 0.29) is 6.42 Å². The number of alkyl carbamates (subject to hydrolysis) is 1. The van der Waals surface area contributed by atoms with Crippen molar-refractivity contribution in [2.45, 2.75) is 37.9 Å². The van der Waals surface area contributed by atoms with Crippen LogP contribution in [0.4, 0.5) is 4.79 Å². The van der Waals surface area contributed by atoms with Crippen molar-refractivity contribution in [2.75, 3.05) is 0 Å². The van der Waals surface area contributed by atoms with Gasteiger partial charge in [-0.1, -0.05) is 23.2 Å². The summed E-state index contributed by atoms with van der Waals surface area (Å²) in [5.41, 5.74) is -0.280. The molecule has 2 N–H and O–H groups in total. The Morgan fingerprint density at radius 3 is 2.65 bits per heavy atom. The van der Waals surface area contributed by atoms with E-state index < -0.39 is 16.8 Å². The van der Waals surface area contributed by atoms with Gasteiger partial charge in [-0.2, -0.15) is 0 Å². The topological polar surface area (TPSA) is 58.6 Å². The maximum absolute atomic E-state index is 11.5. The largest absolute Gasteiger partial charge is 0.444 e. The SMILES string of the molecule is CC(C)(C)OC(=O)NC1=CC(O)(Cl)CC(Cl)=C1. The molecule has 0 radical (unpaired) electrons. The summed E-state index contributed by atoms with van der Waals surface area (Å²) in [5.74, 6) is 0. The molecule has 6 heteroatoms. The number of aliphatic hydroxyl groups is 1. The van der Waals surface area contributed by atoms with E-state index in [1.54, 1.807) is 20.8 Å². The van der Waals surface area contributed by atoms with Crippen molar-refractivity contribution >= 4 is 29.3 Å². The second kappa shape index (κ2) is 4.88. The van der Waals surface area contributed by atoms with E-state index in [9.17, 15) is 9.90 Å². The third-order valence-corrected chi connectivity index (χ3v) is 2.24. The first-order valence-corrected chi connectivity index (χ1v) is 5.83. The quantitative estimate of drug-likeness (QED) is 0.726. The molecule has 0 fully saturated rings. The lowest BCUT2D eigenvalue weighted by atomic mass is 10.1. The number of allylic oxidation sites excluding steroid dienone is 1. The van der Waals surface area contributed by atoms with Crippen LogP contribution in [0.1, 0.15) is 27.2 Å². The lowest BCUT2D eigenvalue weighted by molar-refractivity contribution is 0.0546. The van der Waals surface area contributed by atoms with Gasteiger partial charge in [-0.05, 0) is 32.9 Å². The van der Waals surface area contributed by atoms with Crippen LogP contribution >= 0.6 is 23.2 Å². The summed E-state index contributed by atoms with van der Waals surface area (Å²) in [4.78, 5) is 11.5. The number of alkyl halides is 1. The summed E-state index contributed by atoms with van der Waals surface area (Å²) in [6.07, 6.45) is 2.31. The number of carbonyl (C=O) groups excluding carboxylic acids is 1. The number of hydrogen-bond donors (Lipinski definition) is 2. The predicted molar refractivity (Wildman–Crippen MR) is 66.8 cm³/mol. The molecule has 0 aromatic rings. The molecule has 0 saturated heterocycles. The molecule has 1 amide bonds. The smallest absolute Gasteiger partial charge is 0.412 e. The van der Waals surface area contributed by atoms with Crippen LogP contribution < -0.4 is 5.32 Å². The molecular formula is C11H15Cl2NO3. The van der Waals surface area contributed by atoms with E-state index in [1.165, 1.54) is 12.2 Å². The highest BCUT2D eigenvalue weighted by molar-refractivity contribution is 6.32. The molecule has 1 aliphatic rings. The Balaban J connectivity index is 2.69. The van der Waals surface area contributed by atoms with E-state index in [4.69, 9.17) is 27.9 Å². The van der Waals surface area contributed by atoms with E-state index in [1.807, 2.05) is 0 Å². The van der Waals surface area contributed by atoms with Crippen molar-refractivity contribution in [3.63, 3.8) is 0 Å². The number of halogens is 2. The fraction of sp³-hybridized carbons (Fsp3) is 0.545. The van der Waals surface area contributed by atoms with Crippen molar-refractivity contribution in [1.29, 1.82) is 0 Å². The average Bonchev–Trinajstić information content (AvgIpc) is 1.93. The first-order chi connectivity index (χ1) is 7.57. The Labute approximate surface area is 110 Å². The molecule has 1 rings (SSSR count). The number of amides is 1. The summed E-state index contributed by atoms with van der Waals surface area (Å²) in [5, 5.41) is 10.9. The van der Waals surface area contributed by atoms with E-state index in [0.717, 1.165) is 0 Å². The van der Waals surface area contributed by atoms with Gasteiger partial charge in [0.05, 0.1) is 0 Å². The van der Waals surface area contributed by atoms with Crippen molar-refractivity contribution in [1.82, 2.24) is 5.32 Å².